The Balaban J connectivity index is 1.14. The number of rotatable bonds is 13. The van der Waals surface area contributed by atoms with E-state index in [1.54, 1.807) is 18.3 Å². The average molecular weight is 594 g/mol. The van der Waals surface area contributed by atoms with Crippen LogP contribution in [0, 0.1) is 11.2 Å². The fraction of sp³-hybridized carbons (Fsp3) is 0.257. The van der Waals surface area contributed by atoms with Crippen molar-refractivity contribution >= 4 is 33.1 Å². The van der Waals surface area contributed by atoms with Gasteiger partial charge >= 0.3 is 0 Å². The number of carbonyl (C=O) groups is 2. The summed E-state index contributed by atoms with van der Waals surface area (Å²) in [4.78, 5) is 36.2. The van der Waals surface area contributed by atoms with Gasteiger partial charge in [-0.25, -0.2) is 4.39 Å². The Labute approximate surface area is 254 Å². The summed E-state index contributed by atoms with van der Waals surface area (Å²) < 4.78 is 22.0. The van der Waals surface area contributed by atoms with Crippen LogP contribution in [0.3, 0.4) is 0 Å². The lowest BCUT2D eigenvalue weighted by molar-refractivity contribution is -0.133. The summed E-state index contributed by atoms with van der Waals surface area (Å²) in [6, 6.07) is 21.7. The second-order valence-corrected chi connectivity index (χ2v) is 12.0. The van der Waals surface area contributed by atoms with Gasteiger partial charge < -0.3 is 10.1 Å². The van der Waals surface area contributed by atoms with Gasteiger partial charge in [0.05, 0.1) is 26.2 Å². The number of hydrogen-bond donors (Lipinski definition) is 1. The number of aromatic nitrogens is 2. The number of fused-ring (bicyclic) bond motifs is 1. The van der Waals surface area contributed by atoms with E-state index in [0.29, 0.717) is 24.2 Å². The molecule has 1 N–H and O–H groups in total. The van der Waals surface area contributed by atoms with Gasteiger partial charge in [0.25, 0.3) is 0 Å². The zero-order chi connectivity index (χ0) is 29.8. The topological polar surface area (TPSA) is 81.2 Å². The molecule has 1 aliphatic carbocycles. The number of Topliss-reactive ketones (excluding diaryl/α,β-unsaturated/α-hetero) is 2. The van der Waals surface area contributed by atoms with Crippen LogP contribution in [-0.2, 0) is 29.0 Å². The molecule has 3 aromatic heterocycles. The lowest BCUT2D eigenvalue weighted by atomic mass is 9.88. The Hall–Kier alpha value is -4.27. The number of nitrogens with zero attached hydrogens (tertiary/aromatic N) is 2. The van der Waals surface area contributed by atoms with Gasteiger partial charge in [-0.2, -0.15) is 0 Å². The van der Waals surface area contributed by atoms with Gasteiger partial charge in [-0.3, -0.25) is 19.6 Å². The van der Waals surface area contributed by atoms with Crippen molar-refractivity contribution in [1.82, 2.24) is 15.3 Å². The first-order valence-corrected chi connectivity index (χ1v) is 15.4. The zero-order valence-electron chi connectivity index (χ0n) is 23.9. The second-order valence-electron chi connectivity index (χ2n) is 11.0. The van der Waals surface area contributed by atoms with Crippen LogP contribution in [0.5, 0.6) is 11.5 Å². The molecule has 0 atom stereocenters. The van der Waals surface area contributed by atoms with Crippen LogP contribution in [0.4, 0.5) is 4.39 Å². The minimum Gasteiger partial charge on any atom is -0.453 e. The van der Waals surface area contributed by atoms with E-state index in [2.05, 4.69) is 28.3 Å². The van der Waals surface area contributed by atoms with E-state index < -0.39 is 11.2 Å². The number of ether oxygens (including phenoxy) is 1. The first kappa shape index (κ1) is 28.8. The predicted molar refractivity (Wildman–Crippen MR) is 167 cm³/mol. The molecule has 0 spiro atoms. The third-order valence-corrected chi connectivity index (χ3v) is 8.98. The first-order valence-electron chi connectivity index (χ1n) is 14.6. The number of hydrogen-bond acceptors (Lipinski definition) is 7. The number of thiophene rings is 1. The molecule has 43 heavy (non-hydrogen) atoms. The minimum absolute atomic E-state index is 0.00593. The Morgan fingerprint density at radius 1 is 0.907 bits per heavy atom. The lowest BCUT2D eigenvalue weighted by Gasteiger charge is -2.14. The highest BCUT2D eigenvalue weighted by molar-refractivity contribution is 7.22. The third kappa shape index (κ3) is 6.40. The van der Waals surface area contributed by atoms with Crippen LogP contribution in [0.15, 0.2) is 85.2 Å². The van der Waals surface area contributed by atoms with E-state index in [1.165, 1.54) is 23.5 Å². The van der Waals surface area contributed by atoms with Crippen LogP contribution in [0.25, 0.3) is 20.8 Å². The molecular formula is C35H32FN3O3S. The number of pyridine rings is 2. The van der Waals surface area contributed by atoms with E-state index in [9.17, 15) is 9.59 Å². The predicted octanol–water partition coefficient (Wildman–Crippen LogP) is 7.49. The highest BCUT2D eigenvalue weighted by atomic mass is 32.1. The highest BCUT2D eigenvalue weighted by Crippen LogP contribution is 2.49. The summed E-state index contributed by atoms with van der Waals surface area (Å²) in [5.41, 5.74) is 3.17. The van der Waals surface area contributed by atoms with Gasteiger partial charge in [0.1, 0.15) is 5.75 Å². The summed E-state index contributed by atoms with van der Waals surface area (Å²) in [6.07, 6.45) is 5.94. The van der Waals surface area contributed by atoms with E-state index in [1.807, 2.05) is 48.7 Å². The third-order valence-electron chi connectivity index (χ3n) is 7.81. The number of halogens is 1. The maximum atomic E-state index is 15.2. The Morgan fingerprint density at radius 3 is 2.37 bits per heavy atom. The molecule has 0 aliphatic heterocycles. The molecule has 8 heteroatoms. The number of ketones is 2. The largest absolute Gasteiger partial charge is 0.453 e. The van der Waals surface area contributed by atoms with Crippen molar-refractivity contribution in [2.24, 2.45) is 5.41 Å². The molecule has 6 rings (SSSR count). The zero-order valence-corrected chi connectivity index (χ0v) is 24.8. The molecule has 0 bridgehead atoms. The Morgan fingerprint density at radius 2 is 1.67 bits per heavy atom. The van der Waals surface area contributed by atoms with Gasteiger partial charge in [-0.15, -0.1) is 11.3 Å². The smallest absolute Gasteiger partial charge is 0.166 e. The molecule has 1 fully saturated rings. The maximum absolute atomic E-state index is 15.2. The summed E-state index contributed by atoms with van der Waals surface area (Å²) in [5, 5.41) is 3.38. The van der Waals surface area contributed by atoms with Crippen molar-refractivity contribution < 1.29 is 18.7 Å². The van der Waals surface area contributed by atoms with Crippen LogP contribution >= 0.6 is 11.3 Å². The Bertz CT molecular complexity index is 1770. The van der Waals surface area contributed by atoms with E-state index in [-0.39, 0.29) is 30.2 Å². The lowest BCUT2D eigenvalue weighted by Crippen LogP contribution is -2.28. The summed E-state index contributed by atoms with van der Waals surface area (Å²) in [6.45, 7) is 3.88. The first-order chi connectivity index (χ1) is 20.9. The normalized spacial score (nSPS) is 13.6. The molecule has 6 nitrogen and oxygen atoms in total. The molecule has 3 heterocycles. The van der Waals surface area contributed by atoms with Gasteiger partial charge in [0.15, 0.2) is 23.1 Å². The fourth-order valence-electron chi connectivity index (χ4n) is 5.20. The monoisotopic (exact) mass is 593 g/mol. The average Bonchev–Trinajstić information content (AvgIpc) is 3.72. The number of carbonyl (C=O) groups excluding carboxylic acids is 2. The highest BCUT2D eigenvalue weighted by Gasteiger charge is 2.54. The van der Waals surface area contributed by atoms with Crippen molar-refractivity contribution in [1.29, 1.82) is 0 Å². The van der Waals surface area contributed by atoms with Crippen molar-refractivity contribution in [3.05, 3.63) is 108 Å². The molecular weight excluding hydrogens is 561 g/mol. The minimum atomic E-state index is -0.942. The SMILES string of the molecule is CCCNCc1ccc(-c2cc3nccc(Oc4ccc(CC(=O)C5(C(=O)Cc6ccccc6)CC5)cc4F)c3s2)nc1. The summed E-state index contributed by atoms with van der Waals surface area (Å²) in [5.74, 6) is -0.227. The van der Waals surface area contributed by atoms with E-state index >= 15 is 4.39 Å². The van der Waals surface area contributed by atoms with E-state index in [4.69, 9.17) is 4.74 Å². The second kappa shape index (κ2) is 12.5. The van der Waals surface area contributed by atoms with Gasteiger partial charge in [0.2, 0.25) is 0 Å². The van der Waals surface area contributed by atoms with Crippen LogP contribution < -0.4 is 10.1 Å². The van der Waals surface area contributed by atoms with Gasteiger partial charge in [-0.05, 0) is 66.8 Å². The standard InChI is InChI=1S/C35H32FN3O3S/c1-2-15-37-21-25-8-10-27(39-22-25)31-20-28-34(43-31)30(12-16-38-28)42-29-11-9-24(17-26(29)36)19-33(41)35(13-14-35)32(40)18-23-6-4-3-5-7-23/h3-12,16-17,20,22,37H,2,13-15,18-19,21H2,1H3. The van der Waals surface area contributed by atoms with Crippen LogP contribution in [0.2, 0.25) is 0 Å². The summed E-state index contributed by atoms with van der Waals surface area (Å²) in [7, 11) is 0. The van der Waals surface area contributed by atoms with Crippen molar-refractivity contribution in [3.8, 4) is 22.1 Å². The quantitative estimate of drug-likeness (QED) is 0.113. The van der Waals surface area contributed by atoms with Gasteiger partial charge in [0, 0.05) is 37.8 Å². The van der Waals surface area contributed by atoms with E-state index in [0.717, 1.165) is 51.4 Å². The molecule has 2 aromatic carbocycles. The van der Waals surface area contributed by atoms with Crippen molar-refractivity contribution in [2.75, 3.05) is 6.54 Å². The Kier molecular flexibility index (Phi) is 8.40. The molecule has 0 saturated heterocycles. The molecule has 218 valence electrons. The molecule has 0 radical (unpaired) electrons. The molecule has 1 aliphatic rings. The number of benzene rings is 2. The van der Waals surface area contributed by atoms with Crippen molar-refractivity contribution in [3.63, 3.8) is 0 Å². The van der Waals surface area contributed by atoms with Crippen molar-refractivity contribution in [2.45, 2.75) is 45.6 Å². The molecule has 5 aromatic rings. The van der Waals surface area contributed by atoms with Gasteiger partial charge in [-0.1, -0.05) is 49.4 Å². The molecule has 0 amide bonds. The molecule has 1 saturated carbocycles. The summed E-state index contributed by atoms with van der Waals surface area (Å²) >= 11 is 1.49. The maximum Gasteiger partial charge on any atom is 0.166 e. The number of nitrogens with one attached hydrogen (secondary N) is 1. The fourth-order valence-corrected chi connectivity index (χ4v) is 6.25. The van der Waals surface area contributed by atoms with Crippen LogP contribution in [-0.4, -0.2) is 28.1 Å². The molecule has 0 unspecified atom stereocenters. The van der Waals surface area contributed by atoms with Crippen LogP contribution in [0.1, 0.15) is 42.9 Å².